The van der Waals surface area contributed by atoms with Gasteiger partial charge in [0.25, 0.3) is 0 Å². The summed E-state index contributed by atoms with van der Waals surface area (Å²) in [5.41, 5.74) is 0. The van der Waals surface area contributed by atoms with Gasteiger partial charge in [-0.2, -0.15) is 0 Å². The maximum Gasteiger partial charge on any atom is -0.0241 e. The Morgan fingerprint density at radius 2 is 2.38 bits per heavy atom. The van der Waals surface area contributed by atoms with Crippen molar-refractivity contribution in [3.8, 4) is 0 Å². The van der Waals surface area contributed by atoms with Crippen LogP contribution >= 0.6 is 0 Å². The first kappa shape index (κ1) is 6.12. The van der Waals surface area contributed by atoms with Crippen LogP contribution in [0, 0.1) is 18.3 Å². The van der Waals surface area contributed by atoms with Gasteiger partial charge in [0.15, 0.2) is 0 Å². The maximum atomic E-state index is 2.42. The first-order valence-electron chi connectivity index (χ1n) is 3.46. The fourth-order valence-corrected chi connectivity index (χ4v) is 1.18. The van der Waals surface area contributed by atoms with Gasteiger partial charge in [0.05, 0.1) is 0 Å². The molecule has 46 valence electrons. The molecule has 0 spiro atoms. The molecule has 0 N–H and O–H groups in total. The Balaban J connectivity index is 2.28. The van der Waals surface area contributed by atoms with Crippen molar-refractivity contribution in [2.75, 3.05) is 0 Å². The highest BCUT2D eigenvalue weighted by molar-refractivity contribution is 5.00. The first-order chi connectivity index (χ1) is 3.80. The van der Waals surface area contributed by atoms with E-state index in [1.54, 1.807) is 5.92 Å². The van der Waals surface area contributed by atoms with Crippen molar-refractivity contribution in [1.82, 2.24) is 0 Å². The summed E-state index contributed by atoms with van der Waals surface area (Å²) in [5.74, 6) is 2.46. The molecule has 1 aliphatic rings. The second-order valence-electron chi connectivity index (χ2n) is 2.76. The Hall–Kier alpha value is 0. The maximum absolute atomic E-state index is 2.42. The summed E-state index contributed by atoms with van der Waals surface area (Å²) in [5, 5.41) is 0. The zero-order valence-electron chi connectivity index (χ0n) is 5.78. The lowest BCUT2D eigenvalue weighted by atomic mass is 9.82. The van der Waals surface area contributed by atoms with Crippen LogP contribution in [0.2, 0.25) is 0 Å². The van der Waals surface area contributed by atoms with Crippen molar-refractivity contribution in [2.45, 2.75) is 33.1 Å². The number of rotatable bonds is 0. The van der Waals surface area contributed by atoms with Crippen molar-refractivity contribution in [2.24, 2.45) is 5.92 Å². The molecule has 1 rings (SSSR count). The van der Waals surface area contributed by atoms with Crippen LogP contribution in [0.25, 0.3) is 0 Å². The van der Waals surface area contributed by atoms with E-state index in [1.807, 2.05) is 0 Å². The van der Waals surface area contributed by atoms with Crippen LogP contribution in [0.5, 0.6) is 0 Å². The zero-order chi connectivity index (χ0) is 5.98. The Morgan fingerprint density at radius 1 is 1.62 bits per heavy atom. The first-order valence-corrected chi connectivity index (χ1v) is 3.46. The van der Waals surface area contributed by atoms with Crippen molar-refractivity contribution >= 4 is 0 Å². The van der Waals surface area contributed by atoms with Crippen LogP contribution in [-0.2, 0) is 0 Å². The van der Waals surface area contributed by atoms with Gasteiger partial charge < -0.3 is 0 Å². The SMILES string of the molecule is C[C]1CCC[CH]C1C. The lowest BCUT2D eigenvalue weighted by Crippen LogP contribution is -2.11. The minimum Gasteiger partial charge on any atom is -0.0617 e. The third kappa shape index (κ3) is 1.24. The molecular weight excluding hydrogens is 96.1 g/mol. The molecule has 0 aromatic carbocycles. The van der Waals surface area contributed by atoms with Crippen molar-refractivity contribution in [3.63, 3.8) is 0 Å². The molecule has 1 unspecified atom stereocenters. The van der Waals surface area contributed by atoms with E-state index in [-0.39, 0.29) is 0 Å². The van der Waals surface area contributed by atoms with Gasteiger partial charge in [-0.3, -0.25) is 0 Å². The second kappa shape index (κ2) is 2.52. The van der Waals surface area contributed by atoms with E-state index in [2.05, 4.69) is 20.3 Å². The third-order valence-corrected chi connectivity index (χ3v) is 2.07. The van der Waals surface area contributed by atoms with Gasteiger partial charge in [0.2, 0.25) is 0 Å². The normalized spacial score (nSPS) is 33.0. The minimum absolute atomic E-state index is 0.795. The summed E-state index contributed by atoms with van der Waals surface area (Å²) in [7, 11) is 0. The Morgan fingerprint density at radius 3 is 2.75 bits per heavy atom. The molecule has 0 heterocycles. The molecule has 8 heavy (non-hydrogen) atoms. The molecule has 0 aromatic rings. The van der Waals surface area contributed by atoms with E-state index in [9.17, 15) is 0 Å². The van der Waals surface area contributed by atoms with Gasteiger partial charge in [-0.15, -0.1) is 0 Å². The van der Waals surface area contributed by atoms with Crippen molar-refractivity contribution in [3.05, 3.63) is 12.3 Å². The highest BCUT2D eigenvalue weighted by atomic mass is 14.2. The van der Waals surface area contributed by atoms with Crippen LogP contribution in [0.15, 0.2) is 0 Å². The molecule has 0 bridgehead atoms. The quantitative estimate of drug-likeness (QED) is 0.449. The van der Waals surface area contributed by atoms with E-state index >= 15 is 0 Å². The minimum atomic E-state index is 0.795. The molecule has 1 fully saturated rings. The van der Waals surface area contributed by atoms with Gasteiger partial charge in [-0.25, -0.2) is 0 Å². The summed E-state index contributed by atoms with van der Waals surface area (Å²) in [6.45, 7) is 4.55. The molecule has 0 saturated heterocycles. The van der Waals surface area contributed by atoms with E-state index < -0.39 is 0 Å². The molecule has 1 saturated carbocycles. The average Bonchev–Trinajstić information content (AvgIpc) is 1.77. The molecule has 0 heteroatoms. The van der Waals surface area contributed by atoms with E-state index in [1.165, 1.54) is 19.3 Å². The van der Waals surface area contributed by atoms with Crippen molar-refractivity contribution in [1.29, 1.82) is 0 Å². The van der Waals surface area contributed by atoms with Gasteiger partial charge in [-0.05, 0) is 31.1 Å². The van der Waals surface area contributed by atoms with Gasteiger partial charge >= 0.3 is 0 Å². The topological polar surface area (TPSA) is 0 Å². The summed E-state index contributed by atoms with van der Waals surface area (Å²) < 4.78 is 0. The van der Waals surface area contributed by atoms with E-state index in [0.717, 1.165) is 5.92 Å². The standard InChI is InChI=1S/C8H14/c1-7-5-3-4-6-8(7)2/h5,7H,3-4,6H2,1-2H3. The van der Waals surface area contributed by atoms with E-state index in [0.29, 0.717) is 0 Å². The largest absolute Gasteiger partial charge is 0.0617 e. The van der Waals surface area contributed by atoms with Crippen LogP contribution in [0.4, 0.5) is 0 Å². The lowest BCUT2D eigenvalue weighted by Gasteiger charge is -2.23. The smallest absolute Gasteiger partial charge is 0.0241 e. The molecule has 2 radical (unpaired) electrons. The van der Waals surface area contributed by atoms with Crippen LogP contribution in [0.3, 0.4) is 0 Å². The molecule has 0 nitrogen and oxygen atoms in total. The van der Waals surface area contributed by atoms with Crippen LogP contribution in [0.1, 0.15) is 33.1 Å². The lowest BCUT2D eigenvalue weighted by molar-refractivity contribution is 0.519. The Bertz CT molecular complexity index is 56.4. The predicted molar refractivity (Wildman–Crippen MR) is 36.2 cm³/mol. The summed E-state index contributed by atoms with van der Waals surface area (Å²) in [4.78, 5) is 0. The van der Waals surface area contributed by atoms with Crippen LogP contribution < -0.4 is 0 Å². The Labute approximate surface area is 52.3 Å². The summed E-state index contributed by atoms with van der Waals surface area (Å²) >= 11 is 0. The molecule has 1 aliphatic carbocycles. The number of hydrogen-bond acceptors (Lipinski definition) is 0. The second-order valence-corrected chi connectivity index (χ2v) is 2.76. The highest BCUT2D eigenvalue weighted by Crippen LogP contribution is 2.29. The van der Waals surface area contributed by atoms with Gasteiger partial charge in [-0.1, -0.05) is 20.3 Å². The number of hydrogen-bond donors (Lipinski definition) is 0. The highest BCUT2D eigenvalue weighted by Gasteiger charge is 2.16. The third-order valence-electron chi connectivity index (χ3n) is 2.07. The molecule has 0 amide bonds. The molecular formula is C8H14. The summed E-state index contributed by atoms with van der Waals surface area (Å²) in [6, 6.07) is 0. The summed E-state index contributed by atoms with van der Waals surface area (Å²) in [6.07, 6.45) is 6.49. The van der Waals surface area contributed by atoms with Crippen molar-refractivity contribution < 1.29 is 0 Å². The fourth-order valence-electron chi connectivity index (χ4n) is 1.18. The molecule has 0 aliphatic heterocycles. The molecule has 0 aromatic heterocycles. The Kier molecular flexibility index (Phi) is 1.93. The predicted octanol–water partition coefficient (Wildman–Crippen LogP) is 2.61. The zero-order valence-corrected chi connectivity index (χ0v) is 5.78. The van der Waals surface area contributed by atoms with Gasteiger partial charge in [0, 0.05) is 0 Å². The average molecular weight is 110 g/mol. The van der Waals surface area contributed by atoms with E-state index in [4.69, 9.17) is 0 Å². The fraction of sp³-hybridized carbons (Fsp3) is 0.750. The molecule has 1 atom stereocenters. The van der Waals surface area contributed by atoms with Crippen LogP contribution in [-0.4, -0.2) is 0 Å². The van der Waals surface area contributed by atoms with Gasteiger partial charge in [0.1, 0.15) is 0 Å². The monoisotopic (exact) mass is 110 g/mol.